The Morgan fingerprint density at radius 1 is 0.350 bits per heavy atom. The Bertz CT molecular complexity index is 3530. The van der Waals surface area contributed by atoms with Gasteiger partial charge in [-0.1, -0.05) is 169 Å². The monoisotopic (exact) mass is 779 g/mol. The molecular formula is C56H33N3S. The molecule has 3 aromatic heterocycles. The first-order chi connectivity index (χ1) is 29.7. The van der Waals surface area contributed by atoms with Crippen LogP contribution in [-0.2, 0) is 5.41 Å². The van der Waals surface area contributed by atoms with Crippen LogP contribution in [0.5, 0.6) is 0 Å². The summed E-state index contributed by atoms with van der Waals surface area (Å²) in [4.78, 5) is 18.7. The molecule has 0 N–H and O–H groups in total. The van der Waals surface area contributed by atoms with Gasteiger partial charge >= 0.3 is 0 Å². The number of rotatable bonds is 3. The molecule has 1 spiro atoms. The molecule has 13 rings (SSSR count). The molecule has 60 heavy (non-hydrogen) atoms. The molecular weight excluding hydrogens is 747 g/mol. The normalized spacial score (nSPS) is 13.4. The number of benzene rings is 8. The van der Waals surface area contributed by atoms with E-state index in [9.17, 15) is 0 Å². The van der Waals surface area contributed by atoms with Gasteiger partial charge in [-0.3, -0.25) is 0 Å². The summed E-state index contributed by atoms with van der Waals surface area (Å²) in [7, 11) is 0. The Labute approximate surface area is 351 Å². The van der Waals surface area contributed by atoms with Crippen molar-refractivity contribution in [1.82, 2.24) is 15.0 Å². The van der Waals surface area contributed by atoms with Gasteiger partial charge in [0.15, 0.2) is 0 Å². The summed E-state index contributed by atoms with van der Waals surface area (Å²) in [6.07, 6.45) is 0. The second kappa shape index (κ2) is 12.8. The minimum atomic E-state index is -0.464. The largest absolute Gasteiger partial charge is 0.247 e. The molecule has 8 aromatic carbocycles. The van der Waals surface area contributed by atoms with E-state index < -0.39 is 5.41 Å². The van der Waals surface area contributed by atoms with Crippen LogP contribution in [0.2, 0.25) is 0 Å². The predicted molar refractivity (Wildman–Crippen MR) is 248 cm³/mol. The van der Waals surface area contributed by atoms with E-state index in [-0.39, 0.29) is 0 Å². The number of aromatic nitrogens is 3. The topological polar surface area (TPSA) is 38.7 Å². The van der Waals surface area contributed by atoms with E-state index in [0.717, 1.165) is 71.9 Å². The van der Waals surface area contributed by atoms with Crippen molar-refractivity contribution in [2.24, 2.45) is 0 Å². The summed E-state index contributed by atoms with van der Waals surface area (Å²) < 4.78 is 0. The molecule has 0 saturated heterocycles. The minimum Gasteiger partial charge on any atom is -0.247 e. The lowest BCUT2D eigenvalue weighted by atomic mass is 9.67. The molecule has 11 aromatic rings. The number of hydrogen-bond donors (Lipinski definition) is 0. The van der Waals surface area contributed by atoms with Gasteiger partial charge in [-0.15, -0.1) is 0 Å². The maximum atomic E-state index is 5.57. The van der Waals surface area contributed by atoms with E-state index in [0.29, 0.717) is 0 Å². The fourth-order valence-corrected chi connectivity index (χ4v) is 11.2. The maximum absolute atomic E-state index is 5.57. The fraction of sp³-hybridized carbons (Fsp3) is 0.0179. The third-order valence-electron chi connectivity index (χ3n) is 12.7. The molecule has 0 unspecified atom stereocenters. The van der Waals surface area contributed by atoms with Crippen LogP contribution >= 0.6 is 11.8 Å². The standard InChI is InChI=1S/C56H33N3S/c1-3-13-34(14-4-1)48-29-26-36-23-24-37-27-30-49(58-55(37)54(36)57-48)38-25-28-40-41-32-42-39-17-7-8-18-44(39)56(45-19-9-11-21-51(45)60-52-22-12-10-20-46(52)56)47(42)33-43(41)53(59-50(40)31-38)35-15-5-2-6-16-35/h1-33H. The van der Waals surface area contributed by atoms with Crippen LogP contribution < -0.4 is 0 Å². The molecule has 0 atom stereocenters. The van der Waals surface area contributed by atoms with Crippen LogP contribution in [0.4, 0.5) is 0 Å². The van der Waals surface area contributed by atoms with Gasteiger partial charge in [0, 0.05) is 48.0 Å². The van der Waals surface area contributed by atoms with Gasteiger partial charge in [-0.2, -0.15) is 0 Å². The Balaban J connectivity index is 1.06. The highest BCUT2D eigenvalue weighted by Crippen LogP contribution is 2.63. The van der Waals surface area contributed by atoms with Gasteiger partial charge in [0.1, 0.15) is 0 Å². The van der Waals surface area contributed by atoms with Crippen molar-refractivity contribution in [3.63, 3.8) is 0 Å². The van der Waals surface area contributed by atoms with Crippen molar-refractivity contribution < 1.29 is 0 Å². The quantitative estimate of drug-likeness (QED) is 0.167. The second-order valence-corrected chi connectivity index (χ2v) is 16.9. The maximum Gasteiger partial charge on any atom is 0.0972 e. The van der Waals surface area contributed by atoms with Crippen LogP contribution in [0.3, 0.4) is 0 Å². The van der Waals surface area contributed by atoms with E-state index in [1.807, 2.05) is 17.8 Å². The first-order valence-corrected chi connectivity index (χ1v) is 21.2. The molecule has 3 nitrogen and oxygen atoms in total. The van der Waals surface area contributed by atoms with Crippen LogP contribution in [0.15, 0.2) is 210 Å². The summed E-state index contributed by atoms with van der Waals surface area (Å²) >= 11 is 1.88. The van der Waals surface area contributed by atoms with Crippen molar-refractivity contribution in [2.45, 2.75) is 15.2 Å². The molecule has 0 bridgehead atoms. The highest BCUT2D eigenvalue weighted by atomic mass is 32.2. The molecule has 1 aliphatic carbocycles. The highest BCUT2D eigenvalue weighted by molar-refractivity contribution is 7.99. The van der Waals surface area contributed by atoms with Crippen molar-refractivity contribution in [3.05, 3.63) is 222 Å². The van der Waals surface area contributed by atoms with Gasteiger partial charge in [0.05, 0.1) is 39.0 Å². The fourth-order valence-electron chi connectivity index (χ4n) is 10.0. The van der Waals surface area contributed by atoms with E-state index in [1.54, 1.807) is 0 Å². The average Bonchev–Trinajstić information content (AvgIpc) is 3.60. The summed E-state index contributed by atoms with van der Waals surface area (Å²) in [6.45, 7) is 0. The summed E-state index contributed by atoms with van der Waals surface area (Å²) in [5, 5.41) is 5.60. The zero-order valence-electron chi connectivity index (χ0n) is 32.3. The molecule has 0 saturated carbocycles. The molecule has 278 valence electrons. The molecule has 1 aliphatic heterocycles. The van der Waals surface area contributed by atoms with Crippen LogP contribution in [0.25, 0.3) is 88.4 Å². The SMILES string of the molecule is c1ccc(-c2ccc3ccc4ccc(-c5ccc6c(c5)nc(-c5ccccc5)c5cc7c(cc56)-c5ccccc5C75c6ccccc6Sc6ccccc65)nc4c3n2)cc1. The van der Waals surface area contributed by atoms with Gasteiger partial charge in [-0.25, -0.2) is 15.0 Å². The van der Waals surface area contributed by atoms with Gasteiger partial charge in [-0.05, 0) is 81.2 Å². The summed E-state index contributed by atoms with van der Waals surface area (Å²) in [6, 6.07) is 72.5. The molecule has 2 aliphatic rings. The lowest BCUT2D eigenvalue weighted by molar-refractivity contribution is 0.723. The Morgan fingerprint density at radius 2 is 0.917 bits per heavy atom. The molecule has 0 amide bonds. The molecule has 0 fully saturated rings. The Morgan fingerprint density at radius 3 is 1.60 bits per heavy atom. The van der Waals surface area contributed by atoms with Crippen LogP contribution in [0.1, 0.15) is 22.3 Å². The zero-order chi connectivity index (χ0) is 39.4. The first-order valence-electron chi connectivity index (χ1n) is 20.4. The zero-order valence-corrected chi connectivity index (χ0v) is 33.1. The van der Waals surface area contributed by atoms with Gasteiger partial charge in [0.2, 0.25) is 0 Å². The average molecular weight is 780 g/mol. The highest BCUT2D eigenvalue weighted by Gasteiger charge is 2.50. The van der Waals surface area contributed by atoms with Crippen molar-refractivity contribution in [1.29, 1.82) is 0 Å². The van der Waals surface area contributed by atoms with E-state index in [4.69, 9.17) is 15.0 Å². The van der Waals surface area contributed by atoms with Crippen molar-refractivity contribution in [3.8, 4) is 44.9 Å². The second-order valence-electron chi connectivity index (χ2n) is 15.9. The summed E-state index contributed by atoms with van der Waals surface area (Å²) in [5.41, 5.74) is 16.1. The number of nitrogens with zero attached hydrogens (tertiary/aromatic N) is 3. The molecule has 4 heterocycles. The third-order valence-corrected chi connectivity index (χ3v) is 13.8. The van der Waals surface area contributed by atoms with E-state index >= 15 is 0 Å². The van der Waals surface area contributed by atoms with Crippen molar-refractivity contribution in [2.75, 3.05) is 0 Å². The number of hydrogen-bond acceptors (Lipinski definition) is 4. The summed E-state index contributed by atoms with van der Waals surface area (Å²) in [5.74, 6) is 0. The van der Waals surface area contributed by atoms with Crippen LogP contribution in [0, 0.1) is 0 Å². The van der Waals surface area contributed by atoms with Crippen molar-refractivity contribution >= 4 is 55.2 Å². The molecule has 0 radical (unpaired) electrons. The lowest BCUT2D eigenvalue weighted by Crippen LogP contribution is -2.31. The molecule has 4 heteroatoms. The Kier molecular flexibility index (Phi) is 7.16. The smallest absolute Gasteiger partial charge is 0.0972 e. The predicted octanol–water partition coefficient (Wildman–Crippen LogP) is 14.3. The lowest BCUT2D eigenvalue weighted by Gasteiger charge is -2.39. The number of pyridine rings is 3. The van der Waals surface area contributed by atoms with E-state index in [2.05, 4.69) is 194 Å². The first kappa shape index (κ1) is 33.6. The number of fused-ring (bicyclic) bond motifs is 15. The third kappa shape index (κ3) is 4.77. The van der Waals surface area contributed by atoms with E-state index in [1.165, 1.54) is 48.6 Å². The minimum absolute atomic E-state index is 0.464. The van der Waals surface area contributed by atoms with Crippen LogP contribution in [-0.4, -0.2) is 15.0 Å². The van der Waals surface area contributed by atoms with Gasteiger partial charge in [0.25, 0.3) is 0 Å². The van der Waals surface area contributed by atoms with Gasteiger partial charge < -0.3 is 0 Å². The Hall–Kier alpha value is -7.40.